The SMILES string of the molecule is COCCOc1ccc(NC(=O)C2=CCc3ccccc3N2)cn1. The number of hydrogen-bond donors (Lipinski definition) is 2. The molecule has 3 rings (SSSR count). The van der Waals surface area contributed by atoms with E-state index in [2.05, 4.69) is 15.6 Å². The van der Waals surface area contributed by atoms with Gasteiger partial charge in [0, 0.05) is 18.9 Å². The largest absolute Gasteiger partial charge is 0.475 e. The molecule has 2 N–H and O–H groups in total. The predicted octanol–water partition coefficient (Wildman–Crippen LogP) is 2.60. The smallest absolute Gasteiger partial charge is 0.271 e. The summed E-state index contributed by atoms with van der Waals surface area (Å²) < 4.78 is 10.3. The van der Waals surface area contributed by atoms with Gasteiger partial charge in [0.05, 0.1) is 18.5 Å². The summed E-state index contributed by atoms with van der Waals surface area (Å²) in [4.78, 5) is 16.5. The number of pyridine rings is 1. The second-order valence-corrected chi connectivity index (χ2v) is 5.28. The van der Waals surface area contributed by atoms with E-state index in [1.54, 1.807) is 25.4 Å². The number of ether oxygens (including phenoxy) is 2. The van der Waals surface area contributed by atoms with Crippen LogP contribution in [0.4, 0.5) is 11.4 Å². The second-order valence-electron chi connectivity index (χ2n) is 5.28. The van der Waals surface area contributed by atoms with Crippen molar-refractivity contribution in [2.45, 2.75) is 6.42 Å². The number of anilines is 2. The Balaban J connectivity index is 1.58. The maximum Gasteiger partial charge on any atom is 0.271 e. The molecule has 0 saturated carbocycles. The molecule has 124 valence electrons. The first-order valence-corrected chi connectivity index (χ1v) is 7.70. The van der Waals surface area contributed by atoms with Gasteiger partial charge in [0.1, 0.15) is 12.3 Å². The summed E-state index contributed by atoms with van der Waals surface area (Å²) in [6, 6.07) is 11.4. The van der Waals surface area contributed by atoms with E-state index < -0.39 is 0 Å². The van der Waals surface area contributed by atoms with Crippen molar-refractivity contribution in [2.24, 2.45) is 0 Å². The minimum atomic E-state index is -0.195. The van der Waals surface area contributed by atoms with Crippen molar-refractivity contribution in [3.05, 3.63) is 59.9 Å². The summed E-state index contributed by atoms with van der Waals surface area (Å²) in [7, 11) is 1.61. The van der Waals surface area contributed by atoms with Crippen LogP contribution in [-0.2, 0) is 16.0 Å². The van der Waals surface area contributed by atoms with E-state index in [1.165, 1.54) is 5.56 Å². The Kier molecular flexibility index (Phi) is 5.08. The first kappa shape index (κ1) is 16.0. The lowest BCUT2D eigenvalue weighted by molar-refractivity contribution is -0.112. The average Bonchev–Trinajstić information content (AvgIpc) is 2.63. The van der Waals surface area contributed by atoms with Crippen LogP contribution in [0.3, 0.4) is 0 Å². The standard InChI is InChI=1S/C18H19N3O3/c1-23-10-11-24-17-9-7-14(12-19-17)20-18(22)16-8-6-13-4-2-3-5-15(13)21-16/h2-5,7-9,12,21H,6,10-11H2,1H3,(H,20,22). The molecular formula is C18H19N3O3. The molecule has 24 heavy (non-hydrogen) atoms. The van der Waals surface area contributed by atoms with Gasteiger partial charge in [0.15, 0.2) is 0 Å². The molecule has 0 fully saturated rings. The minimum absolute atomic E-state index is 0.195. The number of nitrogens with one attached hydrogen (secondary N) is 2. The van der Waals surface area contributed by atoms with Crippen molar-refractivity contribution in [3.63, 3.8) is 0 Å². The van der Waals surface area contributed by atoms with Crippen molar-refractivity contribution in [1.82, 2.24) is 4.98 Å². The molecule has 0 atom stereocenters. The zero-order chi connectivity index (χ0) is 16.8. The van der Waals surface area contributed by atoms with Crippen molar-refractivity contribution >= 4 is 17.3 Å². The van der Waals surface area contributed by atoms with Gasteiger partial charge in [-0.05, 0) is 24.1 Å². The van der Waals surface area contributed by atoms with Gasteiger partial charge in [0.2, 0.25) is 5.88 Å². The molecular weight excluding hydrogens is 306 g/mol. The number of fused-ring (bicyclic) bond motifs is 1. The van der Waals surface area contributed by atoms with E-state index in [0.29, 0.717) is 30.5 Å². The van der Waals surface area contributed by atoms with E-state index in [4.69, 9.17) is 9.47 Å². The van der Waals surface area contributed by atoms with Gasteiger partial charge in [-0.3, -0.25) is 4.79 Å². The number of aromatic nitrogens is 1. The van der Waals surface area contributed by atoms with Crippen molar-refractivity contribution < 1.29 is 14.3 Å². The number of nitrogens with zero attached hydrogens (tertiary/aromatic N) is 1. The third kappa shape index (κ3) is 3.91. The van der Waals surface area contributed by atoms with Crippen LogP contribution in [0.1, 0.15) is 5.56 Å². The summed E-state index contributed by atoms with van der Waals surface area (Å²) in [5.41, 5.74) is 3.29. The lowest BCUT2D eigenvalue weighted by Gasteiger charge is -2.18. The Morgan fingerprint density at radius 1 is 1.25 bits per heavy atom. The maximum atomic E-state index is 12.4. The summed E-state index contributed by atoms with van der Waals surface area (Å²) in [5, 5.41) is 5.98. The fraction of sp³-hybridized carbons (Fsp3) is 0.222. The monoisotopic (exact) mass is 325 g/mol. The molecule has 0 saturated heterocycles. The Bertz CT molecular complexity index is 741. The lowest BCUT2D eigenvalue weighted by Crippen LogP contribution is -2.22. The quantitative estimate of drug-likeness (QED) is 0.799. The van der Waals surface area contributed by atoms with Crippen LogP contribution < -0.4 is 15.4 Å². The van der Waals surface area contributed by atoms with Gasteiger partial charge >= 0.3 is 0 Å². The molecule has 0 bridgehead atoms. The summed E-state index contributed by atoms with van der Waals surface area (Å²) >= 11 is 0. The molecule has 0 spiro atoms. The third-order valence-electron chi connectivity index (χ3n) is 3.59. The van der Waals surface area contributed by atoms with Crippen LogP contribution in [0.2, 0.25) is 0 Å². The molecule has 2 heterocycles. The zero-order valence-corrected chi connectivity index (χ0v) is 13.4. The zero-order valence-electron chi connectivity index (χ0n) is 13.4. The average molecular weight is 325 g/mol. The summed E-state index contributed by atoms with van der Waals surface area (Å²) in [6.07, 6.45) is 4.18. The number of amides is 1. The highest BCUT2D eigenvalue weighted by Crippen LogP contribution is 2.23. The predicted molar refractivity (Wildman–Crippen MR) is 92.1 cm³/mol. The van der Waals surface area contributed by atoms with Crippen molar-refractivity contribution in [2.75, 3.05) is 31.0 Å². The van der Waals surface area contributed by atoms with E-state index >= 15 is 0 Å². The Labute approximate surface area is 140 Å². The number of allylic oxidation sites excluding steroid dienone is 1. The highest BCUT2D eigenvalue weighted by Gasteiger charge is 2.15. The highest BCUT2D eigenvalue weighted by molar-refractivity contribution is 6.06. The van der Waals surface area contributed by atoms with Gasteiger partial charge < -0.3 is 20.1 Å². The van der Waals surface area contributed by atoms with Crippen LogP contribution in [0, 0.1) is 0 Å². The van der Waals surface area contributed by atoms with Gasteiger partial charge in [-0.2, -0.15) is 0 Å². The minimum Gasteiger partial charge on any atom is -0.475 e. The third-order valence-corrected chi connectivity index (χ3v) is 3.59. The van der Waals surface area contributed by atoms with Gasteiger partial charge in [0.25, 0.3) is 5.91 Å². The van der Waals surface area contributed by atoms with E-state index in [0.717, 1.165) is 12.1 Å². The topological polar surface area (TPSA) is 72.5 Å². The normalized spacial score (nSPS) is 12.6. The maximum absolute atomic E-state index is 12.4. The van der Waals surface area contributed by atoms with Gasteiger partial charge in [-0.15, -0.1) is 0 Å². The second kappa shape index (κ2) is 7.61. The van der Waals surface area contributed by atoms with E-state index in [-0.39, 0.29) is 5.91 Å². The van der Waals surface area contributed by atoms with Crippen molar-refractivity contribution in [1.29, 1.82) is 0 Å². The number of para-hydroxylation sites is 1. The van der Waals surface area contributed by atoms with Crippen LogP contribution in [0.15, 0.2) is 54.4 Å². The van der Waals surface area contributed by atoms with Crippen molar-refractivity contribution in [3.8, 4) is 5.88 Å². The molecule has 1 amide bonds. The molecule has 0 unspecified atom stereocenters. The molecule has 6 heteroatoms. The van der Waals surface area contributed by atoms with Gasteiger partial charge in [-0.25, -0.2) is 4.98 Å². The molecule has 1 aliphatic rings. The molecule has 0 aliphatic carbocycles. The Morgan fingerprint density at radius 2 is 2.12 bits per heavy atom. The number of hydrogen-bond acceptors (Lipinski definition) is 5. The number of carbonyl (C=O) groups is 1. The molecule has 2 aromatic rings. The first-order valence-electron chi connectivity index (χ1n) is 7.70. The fourth-order valence-electron chi connectivity index (χ4n) is 2.35. The van der Waals surface area contributed by atoms with Crippen LogP contribution >= 0.6 is 0 Å². The molecule has 1 aromatic heterocycles. The number of methoxy groups -OCH3 is 1. The number of benzene rings is 1. The van der Waals surface area contributed by atoms with Gasteiger partial charge in [-0.1, -0.05) is 24.3 Å². The molecule has 0 radical (unpaired) electrons. The van der Waals surface area contributed by atoms with Crippen LogP contribution in [0.5, 0.6) is 5.88 Å². The Morgan fingerprint density at radius 3 is 2.92 bits per heavy atom. The summed E-state index contributed by atoms with van der Waals surface area (Å²) in [5.74, 6) is 0.299. The number of carbonyl (C=O) groups excluding carboxylic acids is 1. The molecule has 1 aromatic carbocycles. The van der Waals surface area contributed by atoms with Crippen LogP contribution in [-0.4, -0.2) is 31.2 Å². The highest BCUT2D eigenvalue weighted by atomic mass is 16.5. The summed E-state index contributed by atoms with van der Waals surface area (Å²) in [6.45, 7) is 0.937. The molecule has 6 nitrogen and oxygen atoms in total. The number of rotatable bonds is 6. The lowest BCUT2D eigenvalue weighted by atomic mass is 10.0. The van der Waals surface area contributed by atoms with E-state index in [1.807, 2.05) is 30.3 Å². The van der Waals surface area contributed by atoms with E-state index in [9.17, 15) is 4.79 Å². The fourth-order valence-corrected chi connectivity index (χ4v) is 2.35. The Hall–Kier alpha value is -2.86. The first-order chi connectivity index (χ1) is 11.8. The van der Waals surface area contributed by atoms with Crippen LogP contribution in [0.25, 0.3) is 0 Å². The molecule has 1 aliphatic heterocycles.